The number of para-hydroxylation sites is 1. The van der Waals surface area contributed by atoms with Gasteiger partial charge in [0.15, 0.2) is 0 Å². The van der Waals surface area contributed by atoms with Crippen LogP contribution in [0.15, 0.2) is 54.6 Å². The molecule has 1 atom stereocenters. The van der Waals surface area contributed by atoms with E-state index in [9.17, 15) is 4.79 Å². The Labute approximate surface area is 150 Å². The van der Waals surface area contributed by atoms with E-state index >= 15 is 0 Å². The van der Waals surface area contributed by atoms with E-state index in [1.807, 2.05) is 42.3 Å². The molecule has 2 aromatic carbocycles. The SMILES string of the molecule is CN(C[C@@H]1Cc2ccccc2CN1C)C(=O)CCOc1ccccc1. The zero-order valence-electron chi connectivity index (χ0n) is 15.0. The molecule has 0 radical (unpaired) electrons. The highest BCUT2D eigenvalue weighted by Gasteiger charge is 2.25. The van der Waals surface area contributed by atoms with Gasteiger partial charge in [-0.3, -0.25) is 9.69 Å². The first-order chi connectivity index (χ1) is 12.1. The standard InChI is InChI=1S/C21H26N2O2/c1-22-15-18-9-7-6-8-17(18)14-19(22)16-23(2)21(24)12-13-25-20-10-4-3-5-11-20/h3-11,19H,12-16H2,1-2H3/t19-/m0/s1. The van der Waals surface area contributed by atoms with Gasteiger partial charge in [-0.1, -0.05) is 42.5 Å². The smallest absolute Gasteiger partial charge is 0.225 e. The van der Waals surface area contributed by atoms with Crippen LogP contribution in [0.25, 0.3) is 0 Å². The number of ether oxygens (including phenoxy) is 1. The van der Waals surface area contributed by atoms with Gasteiger partial charge >= 0.3 is 0 Å². The van der Waals surface area contributed by atoms with Crippen molar-refractivity contribution in [3.05, 3.63) is 65.7 Å². The zero-order valence-corrected chi connectivity index (χ0v) is 15.0. The third-order valence-corrected chi connectivity index (χ3v) is 4.86. The van der Waals surface area contributed by atoms with Crippen molar-refractivity contribution in [1.82, 2.24) is 9.80 Å². The molecule has 132 valence electrons. The van der Waals surface area contributed by atoms with Crippen molar-refractivity contribution in [1.29, 1.82) is 0 Å². The lowest BCUT2D eigenvalue weighted by Gasteiger charge is -2.36. The first kappa shape index (κ1) is 17.5. The van der Waals surface area contributed by atoms with Crippen molar-refractivity contribution in [2.45, 2.75) is 25.4 Å². The second kappa shape index (κ2) is 8.17. The highest BCUT2D eigenvalue weighted by molar-refractivity contribution is 5.76. The lowest BCUT2D eigenvalue weighted by Crippen LogP contribution is -2.46. The van der Waals surface area contributed by atoms with E-state index in [2.05, 4.69) is 36.2 Å². The summed E-state index contributed by atoms with van der Waals surface area (Å²) in [4.78, 5) is 16.6. The quantitative estimate of drug-likeness (QED) is 0.812. The normalized spacial score (nSPS) is 17.0. The minimum absolute atomic E-state index is 0.128. The van der Waals surface area contributed by atoms with Gasteiger partial charge in [-0.2, -0.15) is 0 Å². The van der Waals surface area contributed by atoms with Crippen LogP contribution in [0.4, 0.5) is 0 Å². The van der Waals surface area contributed by atoms with E-state index in [1.165, 1.54) is 11.1 Å². The van der Waals surface area contributed by atoms with Crippen LogP contribution in [-0.2, 0) is 17.8 Å². The summed E-state index contributed by atoms with van der Waals surface area (Å²) in [5.41, 5.74) is 2.80. The molecule has 25 heavy (non-hydrogen) atoms. The van der Waals surface area contributed by atoms with Gasteiger partial charge in [0.25, 0.3) is 0 Å². The largest absolute Gasteiger partial charge is 0.493 e. The van der Waals surface area contributed by atoms with E-state index in [0.717, 1.165) is 25.3 Å². The Bertz CT molecular complexity index is 702. The minimum atomic E-state index is 0.128. The number of hydrogen-bond donors (Lipinski definition) is 0. The first-order valence-electron chi connectivity index (χ1n) is 8.82. The Kier molecular flexibility index (Phi) is 5.71. The maximum Gasteiger partial charge on any atom is 0.225 e. The molecule has 0 saturated carbocycles. The molecule has 0 fully saturated rings. The summed E-state index contributed by atoms with van der Waals surface area (Å²) in [5, 5.41) is 0. The fraction of sp³-hybridized carbons (Fsp3) is 0.381. The van der Waals surface area contributed by atoms with Crippen LogP contribution in [0.1, 0.15) is 17.5 Å². The summed E-state index contributed by atoms with van der Waals surface area (Å²) in [6.07, 6.45) is 1.39. The monoisotopic (exact) mass is 338 g/mol. The van der Waals surface area contributed by atoms with Crippen molar-refractivity contribution < 1.29 is 9.53 Å². The fourth-order valence-electron chi connectivity index (χ4n) is 3.30. The van der Waals surface area contributed by atoms with Crippen molar-refractivity contribution in [3.63, 3.8) is 0 Å². The van der Waals surface area contributed by atoms with Crippen LogP contribution in [0.5, 0.6) is 5.75 Å². The molecule has 1 heterocycles. The van der Waals surface area contributed by atoms with E-state index in [0.29, 0.717) is 19.1 Å². The average Bonchev–Trinajstić information content (AvgIpc) is 2.63. The van der Waals surface area contributed by atoms with Crippen molar-refractivity contribution >= 4 is 5.91 Å². The Morgan fingerprint density at radius 3 is 2.56 bits per heavy atom. The van der Waals surface area contributed by atoms with Gasteiger partial charge in [0.2, 0.25) is 5.91 Å². The number of benzene rings is 2. The third kappa shape index (κ3) is 4.60. The van der Waals surface area contributed by atoms with Crippen LogP contribution in [0.3, 0.4) is 0 Å². The molecule has 0 saturated heterocycles. The van der Waals surface area contributed by atoms with E-state index < -0.39 is 0 Å². The number of carbonyl (C=O) groups excluding carboxylic acids is 1. The number of nitrogens with zero attached hydrogens (tertiary/aromatic N) is 2. The molecular weight excluding hydrogens is 312 g/mol. The van der Waals surface area contributed by atoms with Crippen LogP contribution < -0.4 is 4.74 Å². The lowest BCUT2D eigenvalue weighted by atomic mass is 9.94. The highest BCUT2D eigenvalue weighted by atomic mass is 16.5. The molecule has 4 heteroatoms. The maximum atomic E-state index is 12.4. The third-order valence-electron chi connectivity index (χ3n) is 4.86. The average molecular weight is 338 g/mol. The molecular formula is C21H26N2O2. The number of hydrogen-bond acceptors (Lipinski definition) is 3. The Morgan fingerprint density at radius 1 is 1.12 bits per heavy atom. The van der Waals surface area contributed by atoms with Crippen molar-refractivity contribution in [3.8, 4) is 5.75 Å². The topological polar surface area (TPSA) is 32.8 Å². The van der Waals surface area contributed by atoms with Crippen molar-refractivity contribution in [2.75, 3.05) is 27.2 Å². The highest BCUT2D eigenvalue weighted by Crippen LogP contribution is 2.22. The number of rotatable bonds is 6. The lowest BCUT2D eigenvalue weighted by molar-refractivity contribution is -0.131. The minimum Gasteiger partial charge on any atom is -0.493 e. The van der Waals surface area contributed by atoms with Crippen LogP contribution >= 0.6 is 0 Å². The molecule has 2 aromatic rings. The number of amides is 1. The summed E-state index contributed by atoms with van der Waals surface area (Å²) in [6, 6.07) is 18.6. The molecule has 0 bridgehead atoms. The molecule has 1 aliphatic rings. The molecule has 1 amide bonds. The second-order valence-corrected chi connectivity index (χ2v) is 6.73. The molecule has 0 aromatic heterocycles. The Morgan fingerprint density at radius 2 is 1.80 bits per heavy atom. The first-order valence-corrected chi connectivity index (χ1v) is 8.82. The van der Waals surface area contributed by atoms with Gasteiger partial charge in [-0.15, -0.1) is 0 Å². The fourth-order valence-corrected chi connectivity index (χ4v) is 3.30. The summed E-state index contributed by atoms with van der Waals surface area (Å²) >= 11 is 0. The second-order valence-electron chi connectivity index (χ2n) is 6.73. The Hall–Kier alpha value is -2.33. The van der Waals surface area contributed by atoms with Crippen LogP contribution in [-0.4, -0.2) is 49.0 Å². The maximum absolute atomic E-state index is 12.4. The van der Waals surface area contributed by atoms with Gasteiger partial charge in [0, 0.05) is 26.2 Å². The predicted octanol–water partition coefficient (Wildman–Crippen LogP) is 2.97. The van der Waals surface area contributed by atoms with E-state index in [-0.39, 0.29) is 5.91 Å². The molecule has 0 unspecified atom stereocenters. The van der Waals surface area contributed by atoms with E-state index in [1.54, 1.807) is 0 Å². The van der Waals surface area contributed by atoms with Crippen LogP contribution in [0, 0.1) is 0 Å². The molecule has 0 aliphatic carbocycles. The molecule has 0 N–H and O–H groups in total. The van der Waals surface area contributed by atoms with Crippen molar-refractivity contribution in [2.24, 2.45) is 0 Å². The summed E-state index contributed by atoms with van der Waals surface area (Å²) in [7, 11) is 4.02. The van der Waals surface area contributed by atoms with Gasteiger partial charge in [0.05, 0.1) is 13.0 Å². The number of likely N-dealkylation sites (N-methyl/N-ethyl adjacent to an activating group) is 2. The van der Waals surface area contributed by atoms with E-state index in [4.69, 9.17) is 4.74 Å². The van der Waals surface area contributed by atoms with Gasteiger partial charge in [0.1, 0.15) is 5.75 Å². The zero-order chi connectivity index (χ0) is 17.6. The summed E-state index contributed by atoms with van der Waals surface area (Å²) < 4.78 is 5.63. The molecule has 1 aliphatic heterocycles. The van der Waals surface area contributed by atoms with Gasteiger partial charge in [-0.05, 0) is 36.7 Å². The van der Waals surface area contributed by atoms with Crippen LogP contribution in [0.2, 0.25) is 0 Å². The Balaban J connectivity index is 1.48. The van der Waals surface area contributed by atoms with Gasteiger partial charge in [-0.25, -0.2) is 0 Å². The predicted molar refractivity (Wildman–Crippen MR) is 99.6 cm³/mol. The van der Waals surface area contributed by atoms with Gasteiger partial charge < -0.3 is 9.64 Å². The number of fused-ring (bicyclic) bond motifs is 1. The molecule has 0 spiro atoms. The number of carbonyl (C=O) groups is 1. The summed E-state index contributed by atoms with van der Waals surface area (Å²) in [5.74, 6) is 0.935. The molecule has 3 rings (SSSR count). The summed E-state index contributed by atoms with van der Waals surface area (Å²) in [6.45, 7) is 2.10. The molecule has 4 nitrogen and oxygen atoms in total.